The van der Waals surface area contributed by atoms with E-state index in [1.54, 1.807) is 12.1 Å². The number of primary sulfonamides is 1. The predicted molar refractivity (Wildman–Crippen MR) is 131 cm³/mol. The molecule has 4 aromatic rings. The van der Waals surface area contributed by atoms with Crippen molar-refractivity contribution in [2.75, 3.05) is 5.32 Å². The molecule has 7 nitrogen and oxygen atoms in total. The van der Waals surface area contributed by atoms with E-state index < -0.39 is 10.0 Å². The average molecular weight is 464 g/mol. The first-order chi connectivity index (χ1) is 15.7. The fourth-order valence-electron chi connectivity index (χ4n) is 3.97. The molecule has 0 spiro atoms. The lowest BCUT2D eigenvalue weighted by Gasteiger charge is -2.14. The van der Waals surface area contributed by atoms with Crippen LogP contribution in [0.5, 0.6) is 0 Å². The lowest BCUT2D eigenvalue weighted by molar-refractivity contribution is 0.598. The van der Waals surface area contributed by atoms with Gasteiger partial charge in [0.05, 0.1) is 10.4 Å². The lowest BCUT2D eigenvalue weighted by atomic mass is 9.98. The zero-order valence-electron chi connectivity index (χ0n) is 19.1. The van der Waals surface area contributed by atoms with Crippen molar-refractivity contribution in [3.05, 3.63) is 83.3 Å². The van der Waals surface area contributed by atoms with Crippen molar-refractivity contribution >= 4 is 26.9 Å². The Bertz CT molecular complexity index is 1380. The van der Waals surface area contributed by atoms with Gasteiger partial charge in [-0.25, -0.2) is 23.5 Å². The predicted octanol–water partition coefficient (Wildman–Crippen LogP) is 4.02. The Hall–Kier alpha value is -3.23. The maximum absolute atomic E-state index is 11.5. The molecular formula is C25H29N5O2S. The van der Waals surface area contributed by atoms with Crippen LogP contribution < -0.4 is 10.5 Å². The normalized spacial score (nSPS) is 11.9. The van der Waals surface area contributed by atoms with E-state index in [2.05, 4.69) is 43.4 Å². The topological polar surface area (TPSA) is 103 Å². The number of fused-ring (bicyclic) bond motifs is 1. The van der Waals surface area contributed by atoms with Gasteiger partial charge in [-0.05, 0) is 47.2 Å². The molecule has 0 saturated heterocycles. The first-order valence-corrected chi connectivity index (χ1v) is 12.5. The highest BCUT2D eigenvalue weighted by Crippen LogP contribution is 2.24. The van der Waals surface area contributed by atoms with Gasteiger partial charge in [-0.2, -0.15) is 0 Å². The summed E-state index contributed by atoms with van der Waals surface area (Å²) in [5.41, 5.74) is 5.32. The second-order valence-corrected chi connectivity index (χ2v) is 10.3. The van der Waals surface area contributed by atoms with Crippen molar-refractivity contribution in [2.45, 2.75) is 38.1 Å². The molecule has 0 aliphatic rings. The van der Waals surface area contributed by atoms with Crippen molar-refractivity contribution in [3.8, 4) is 0 Å². The van der Waals surface area contributed by atoms with E-state index in [-0.39, 0.29) is 4.90 Å². The Morgan fingerprint density at radius 2 is 1.70 bits per heavy atom. The second kappa shape index (κ2) is 9.33. The van der Waals surface area contributed by atoms with Crippen molar-refractivity contribution in [1.82, 2.24) is 14.5 Å². The van der Waals surface area contributed by atoms with Gasteiger partial charge in [-0.15, -0.1) is 0 Å². The number of aromatic nitrogens is 3. The van der Waals surface area contributed by atoms with Crippen LogP contribution >= 0.6 is 0 Å². The molecule has 2 heterocycles. The summed E-state index contributed by atoms with van der Waals surface area (Å²) in [6.07, 6.45) is 3.48. The maximum atomic E-state index is 11.5. The van der Waals surface area contributed by atoms with E-state index >= 15 is 0 Å². The number of nitrogens with one attached hydrogen (secondary N) is 1. The number of nitrogens with zero attached hydrogens (tertiary/aromatic N) is 3. The van der Waals surface area contributed by atoms with Crippen molar-refractivity contribution in [2.24, 2.45) is 18.1 Å². The van der Waals surface area contributed by atoms with E-state index in [0.29, 0.717) is 24.7 Å². The molecule has 8 heteroatoms. The fourth-order valence-corrected chi connectivity index (χ4v) is 4.49. The summed E-state index contributed by atoms with van der Waals surface area (Å²) in [5, 5.41) is 8.73. The van der Waals surface area contributed by atoms with Crippen molar-refractivity contribution in [1.29, 1.82) is 0 Å². The highest BCUT2D eigenvalue weighted by atomic mass is 32.2. The first kappa shape index (κ1) is 22.9. The van der Waals surface area contributed by atoms with Crippen LogP contribution in [-0.2, 0) is 36.5 Å². The van der Waals surface area contributed by atoms with E-state index in [4.69, 9.17) is 15.1 Å². The van der Waals surface area contributed by atoms with Gasteiger partial charge in [-0.1, -0.05) is 50.2 Å². The Labute approximate surface area is 194 Å². The zero-order valence-corrected chi connectivity index (χ0v) is 19.9. The SMILES string of the molecule is CC(C)Cc1ccccc1CNc1nc(Cc2ccc(S(N)(=O)=O)cc2)nc2ccn(C)c12. The summed E-state index contributed by atoms with van der Waals surface area (Å²) in [4.78, 5) is 9.63. The fraction of sp³-hybridized carbons (Fsp3) is 0.280. The number of hydrogen-bond donors (Lipinski definition) is 2. The van der Waals surface area contributed by atoms with Crippen LogP contribution in [0.1, 0.15) is 36.4 Å². The maximum Gasteiger partial charge on any atom is 0.238 e. The van der Waals surface area contributed by atoms with Gasteiger partial charge in [-0.3, -0.25) is 0 Å². The van der Waals surface area contributed by atoms with Gasteiger partial charge in [0, 0.05) is 26.2 Å². The van der Waals surface area contributed by atoms with Gasteiger partial charge in [0.25, 0.3) is 0 Å². The summed E-state index contributed by atoms with van der Waals surface area (Å²) in [5.74, 6) is 2.02. The average Bonchev–Trinajstić information content (AvgIpc) is 3.13. The van der Waals surface area contributed by atoms with Crippen molar-refractivity contribution < 1.29 is 8.42 Å². The van der Waals surface area contributed by atoms with Crippen LogP contribution in [0.4, 0.5) is 5.82 Å². The molecule has 0 radical (unpaired) electrons. The van der Waals surface area contributed by atoms with Gasteiger partial charge >= 0.3 is 0 Å². The van der Waals surface area contributed by atoms with E-state index in [9.17, 15) is 8.42 Å². The molecule has 33 heavy (non-hydrogen) atoms. The zero-order chi connectivity index (χ0) is 23.6. The number of hydrogen-bond acceptors (Lipinski definition) is 5. The summed E-state index contributed by atoms with van der Waals surface area (Å²) in [7, 11) is -1.73. The Morgan fingerprint density at radius 1 is 1.00 bits per heavy atom. The molecule has 4 rings (SSSR count). The largest absolute Gasteiger partial charge is 0.364 e. The Morgan fingerprint density at radius 3 is 2.36 bits per heavy atom. The summed E-state index contributed by atoms with van der Waals surface area (Å²) in [6, 6.07) is 17.0. The summed E-state index contributed by atoms with van der Waals surface area (Å²) < 4.78 is 25.0. The van der Waals surface area contributed by atoms with Crippen LogP contribution in [0.25, 0.3) is 11.0 Å². The smallest absolute Gasteiger partial charge is 0.238 e. The van der Waals surface area contributed by atoms with E-state index in [1.165, 1.54) is 23.3 Å². The molecule has 0 bridgehead atoms. The van der Waals surface area contributed by atoms with Gasteiger partial charge < -0.3 is 9.88 Å². The molecule has 0 amide bonds. The monoisotopic (exact) mass is 463 g/mol. The second-order valence-electron chi connectivity index (χ2n) is 8.73. The minimum Gasteiger partial charge on any atom is -0.364 e. The summed E-state index contributed by atoms with van der Waals surface area (Å²) >= 11 is 0. The van der Waals surface area contributed by atoms with Gasteiger partial charge in [0.2, 0.25) is 10.0 Å². The number of rotatable bonds is 8. The molecule has 0 unspecified atom stereocenters. The molecule has 0 fully saturated rings. The van der Waals surface area contributed by atoms with Crippen molar-refractivity contribution in [3.63, 3.8) is 0 Å². The van der Waals surface area contributed by atoms with Crippen LogP contribution in [0.15, 0.2) is 65.7 Å². The molecule has 172 valence electrons. The lowest BCUT2D eigenvalue weighted by Crippen LogP contribution is -2.12. The molecule has 0 atom stereocenters. The third kappa shape index (κ3) is 5.40. The highest BCUT2D eigenvalue weighted by Gasteiger charge is 2.13. The Kier molecular flexibility index (Phi) is 6.49. The minimum atomic E-state index is -3.71. The first-order valence-electron chi connectivity index (χ1n) is 10.9. The molecule has 0 aliphatic heterocycles. The van der Waals surface area contributed by atoms with Crippen LogP contribution in [0.3, 0.4) is 0 Å². The molecule has 0 aliphatic carbocycles. The molecule has 2 aromatic heterocycles. The van der Waals surface area contributed by atoms with Crippen LogP contribution in [-0.4, -0.2) is 23.0 Å². The molecular weight excluding hydrogens is 434 g/mol. The van der Waals surface area contributed by atoms with Gasteiger partial charge in [0.1, 0.15) is 11.3 Å². The Balaban J connectivity index is 1.62. The molecule has 3 N–H and O–H groups in total. The number of benzene rings is 2. The number of aryl methyl sites for hydroxylation is 1. The minimum absolute atomic E-state index is 0.0908. The van der Waals surface area contributed by atoms with Gasteiger partial charge in [0.15, 0.2) is 5.82 Å². The number of anilines is 1. The third-order valence-corrected chi connectivity index (χ3v) is 6.50. The highest BCUT2D eigenvalue weighted by molar-refractivity contribution is 7.89. The third-order valence-electron chi connectivity index (χ3n) is 5.57. The number of nitrogens with two attached hydrogens (primary N) is 1. The van der Waals surface area contributed by atoms with E-state index in [0.717, 1.165) is 28.8 Å². The van der Waals surface area contributed by atoms with Crippen LogP contribution in [0.2, 0.25) is 0 Å². The summed E-state index contributed by atoms with van der Waals surface area (Å²) in [6.45, 7) is 5.12. The molecule has 2 aromatic carbocycles. The van der Waals surface area contributed by atoms with E-state index in [1.807, 2.05) is 23.9 Å². The molecule has 0 saturated carbocycles. The number of sulfonamides is 1. The standard InChI is InChI=1S/C25H29N5O2S/c1-17(2)14-19-6-4-5-7-20(19)16-27-25-24-22(12-13-30(24)3)28-23(29-25)15-18-8-10-21(11-9-18)33(26,31)32/h4-13,17H,14-16H2,1-3H3,(H2,26,31,32)(H,27,28,29). The quantitative estimate of drug-likeness (QED) is 0.411. The van der Waals surface area contributed by atoms with Crippen LogP contribution in [0, 0.1) is 5.92 Å².